The minimum absolute atomic E-state index is 0.0932. The molecule has 7 heteroatoms. The SMILES string of the molecule is Cc1cc(Nc2ccc(NC(=O)Cc3cccc(F)c3)cn2)no1. The molecule has 1 aromatic carbocycles. The number of carbonyl (C=O) groups excluding carboxylic acids is 1. The highest BCUT2D eigenvalue weighted by Crippen LogP contribution is 2.16. The Balaban J connectivity index is 1.58. The number of amides is 1. The molecule has 3 rings (SSSR count). The minimum Gasteiger partial charge on any atom is -0.360 e. The molecule has 0 aliphatic heterocycles. The van der Waals surface area contributed by atoms with Crippen molar-refractivity contribution in [3.05, 3.63) is 65.8 Å². The van der Waals surface area contributed by atoms with Crippen LogP contribution < -0.4 is 10.6 Å². The molecule has 0 fully saturated rings. The van der Waals surface area contributed by atoms with Crippen molar-refractivity contribution in [3.63, 3.8) is 0 Å². The lowest BCUT2D eigenvalue weighted by atomic mass is 10.1. The van der Waals surface area contributed by atoms with Crippen LogP contribution in [0.1, 0.15) is 11.3 Å². The zero-order chi connectivity index (χ0) is 16.9. The highest BCUT2D eigenvalue weighted by Gasteiger charge is 2.06. The largest absolute Gasteiger partial charge is 0.360 e. The molecule has 0 unspecified atom stereocenters. The molecule has 122 valence electrons. The maximum absolute atomic E-state index is 13.1. The standard InChI is InChI=1S/C17H15FN4O2/c1-11-7-16(22-24-11)21-15-6-5-14(10-19-15)20-17(23)9-12-3-2-4-13(18)8-12/h2-8,10H,9H2,1H3,(H,20,23)(H,19,21,22). The molecule has 3 aromatic rings. The van der Waals surface area contributed by atoms with Crippen molar-refractivity contribution in [2.45, 2.75) is 13.3 Å². The van der Waals surface area contributed by atoms with Gasteiger partial charge >= 0.3 is 0 Å². The van der Waals surface area contributed by atoms with Crippen LogP contribution in [0.2, 0.25) is 0 Å². The zero-order valence-electron chi connectivity index (χ0n) is 12.9. The van der Waals surface area contributed by atoms with E-state index in [9.17, 15) is 9.18 Å². The molecule has 6 nitrogen and oxygen atoms in total. The van der Waals surface area contributed by atoms with Gasteiger partial charge in [-0.15, -0.1) is 0 Å². The first kappa shape index (κ1) is 15.7. The second kappa shape index (κ2) is 6.91. The topological polar surface area (TPSA) is 80.0 Å². The number of pyridine rings is 1. The molecule has 0 aliphatic carbocycles. The number of benzene rings is 1. The zero-order valence-corrected chi connectivity index (χ0v) is 12.9. The summed E-state index contributed by atoms with van der Waals surface area (Å²) < 4.78 is 18.1. The van der Waals surface area contributed by atoms with E-state index < -0.39 is 0 Å². The van der Waals surface area contributed by atoms with Gasteiger partial charge in [0.15, 0.2) is 5.82 Å². The Kier molecular flexibility index (Phi) is 4.51. The lowest BCUT2D eigenvalue weighted by Crippen LogP contribution is -2.14. The quantitative estimate of drug-likeness (QED) is 0.751. The number of hydrogen-bond donors (Lipinski definition) is 2. The van der Waals surface area contributed by atoms with Gasteiger partial charge in [0, 0.05) is 6.07 Å². The van der Waals surface area contributed by atoms with Gasteiger partial charge in [-0.3, -0.25) is 4.79 Å². The lowest BCUT2D eigenvalue weighted by molar-refractivity contribution is -0.115. The van der Waals surface area contributed by atoms with Crippen LogP contribution in [-0.2, 0) is 11.2 Å². The smallest absolute Gasteiger partial charge is 0.228 e. The lowest BCUT2D eigenvalue weighted by Gasteiger charge is -2.06. The van der Waals surface area contributed by atoms with Crippen LogP contribution in [0.3, 0.4) is 0 Å². The molecule has 24 heavy (non-hydrogen) atoms. The summed E-state index contributed by atoms with van der Waals surface area (Å²) in [5.74, 6) is 1.23. The Morgan fingerprint density at radius 2 is 2.08 bits per heavy atom. The third kappa shape index (κ3) is 4.16. The Labute approximate surface area is 137 Å². The first-order valence-corrected chi connectivity index (χ1v) is 7.29. The summed E-state index contributed by atoms with van der Waals surface area (Å²) >= 11 is 0. The van der Waals surface area contributed by atoms with Crippen LogP contribution in [0, 0.1) is 12.7 Å². The third-order valence-corrected chi connectivity index (χ3v) is 3.19. The van der Waals surface area contributed by atoms with E-state index in [0.717, 1.165) is 0 Å². The average molecular weight is 326 g/mol. The van der Waals surface area contributed by atoms with Gasteiger partial charge in [0.05, 0.1) is 18.3 Å². The predicted octanol–water partition coefficient (Wildman–Crippen LogP) is 3.44. The van der Waals surface area contributed by atoms with Gasteiger partial charge in [-0.2, -0.15) is 0 Å². The number of anilines is 3. The van der Waals surface area contributed by atoms with Crippen molar-refractivity contribution in [2.75, 3.05) is 10.6 Å². The Morgan fingerprint density at radius 3 is 2.75 bits per heavy atom. The van der Waals surface area contributed by atoms with Crippen LogP contribution >= 0.6 is 0 Å². The molecule has 2 aromatic heterocycles. The van der Waals surface area contributed by atoms with Crippen molar-refractivity contribution in [2.24, 2.45) is 0 Å². The number of nitrogens with one attached hydrogen (secondary N) is 2. The molecular weight excluding hydrogens is 311 g/mol. The van der Waals surface area contributed by atoms with Crippen molar-refractivity contribution < 1.29 is 13.7 Å². The van der Waals surface area contributed by atoms with Gasteiger partial charge in [0.2, 0.25) is 5.91 Å². The van der Waals surface area contributed by atoms with Crippen molar-refractivity contribution in [1.29, 1.82) is 0 Å². The second-order valence-electron chi connectivity index (χ2n) is 5.23. The van der Waals surface area contributed by atoms with Gasteiger partial charge in [0.1, 0.15) is 17.4 Å². The van der Waals surface area contributed by atoms with Crippen LogP contribution in [0.5, 0.6) is 0 Å². The number of aromatic nitrogens is 2. The van der Waals surface area contributed by atoms with Gasteiger partial charge in [-0.05, 0) is 36.8 Å². The molecule has 0 radical (unpaired) electrons. The van der Waals surface area contributed by atoms with E-state index in [1.165, 1.54) is 18.3 Å². The summed E-state index contributed by atoms with van der Waals surface area (Å²) in [6, 6.07) is 11.1. The molecule has 0 spiro atoms. The maximum atomic E-state index is 13.1. The van der Waals surface area contributed by atoms with Crippen LogP contribution in [0.15, 0.2) is 53.2 Å². The fourth-order valence-corrected chi connectivity index (χ4v) is 2.14. The number of aryl methyl sites for hydroxylation is 1. The predicted molar refractivity (Wildman–Crippen MR) is 87.5 cm³/mol. The first-order chi connectivity index (χ1) is 11.6. The van der Waals surface area contributed by atoms with E-state index in [2.05, 4.69) is 20.8 Å². The minimum atomic E-state index is -0.361. The van der Waals surface area contributed by atoms with E-state index >= 15 is 0 Å². The Morgan fingerprint density at radius 1 is 1.21 bits per heavy atom. The first-order valence-electron chi connectivity index (χ1n) is 7.29. The third-order valence-electron chi connectivity index (χ3n) is 3.19. The van der Waals surface area contributed by atoms with Gasteiger partial charge in [-0.25, -0.2) is 9.37 Å². The van der Waals surface area contributed by atoms with E-state index in [4.69, 9.17) is 4.52 Å². The Hall–Kier alpha value is -3.22. The maximum Gasteiger partial charge on any atom is 0.228 e. The summed E-state index contributed by atoms with van der Waals surface area (Å²) in [6.07, 6.45) is 1.62. The van der Waals surface area contributed by atoms with Crippen LogP contribution in [0.4, 0.5) is 21.7 Å². The summed E-state index contributed by atoms with van der Waals surface area (Å²) in [5, 5.41) is 9.51. The highest BCUT2D eigenvalue weighted by molar-refractivity contribution is 5.92. The summed E-state index contributed by atoms with van der Waals surface area (Å²) in [5.41, 5.74) is 1.17. The summed E-state index contributed by atoms with van der Waals surface area (Å²) in [6.45, 7) is 1.79. The molecule has 0 saturated heterocycles. The molecule has 0 bridgehead atoms. The van der Waals surface area contributed by atoms with E-state index in [-0.39, 0.29) is 18.1 Å². The molecule has 1 amide bonds. The highest BCUT2D eigenvalue weighted by atomic mass is 19.1. The Bertz CT molecular complexity index is 846. The molecule has 2 N–H and O–H groups in total. The molecule has 0 atom stereocenters. The normalized spacial score (nSPS) is 10.4. The van der Waals surface area contributed by atoms with Crippen molar-refractivity contribution in [1.82, 2.24) is 10.1 Å². The average Bonchev–Trinajstić information content (AvgIpc) is 2.94. The molecule has 0 saturated carbocycles. The van der Waals surface area contributed by atoms with E-state index in [1.807, 2.05) is 0 Å². The molecule has 2 heterocycles. The van der Waals surface area contributed by atoms with Crippen molar-refractivity contribution >= 4 is 23.2 Å². The van der Waals surface area contributed by atoms with Crippen molar-refractivity contribution in [3.8, 4) is 0 Å². The fourth-order valence-electron chi connectivity index (χ4n) is 2.14. The van der Waals surface area contributed by atoms with Gasteiger partial charge in [-0.1, -0.05) is 17.3 Å². The van der Waals surface area contributed by atoms with Crippen LogP contribution in [0.25, 0.3) is 0 Å². The summed E-state index contributed by atoms with van der Waals surface area (Å²) in [7, 11) is 0. The second-order valence-corrected chi connectivity index (χ2v) is 5.23. The fraction of sp³-hybridized carbons (Fsp3) is 0.118. The van der Waals surface area contributed by atoms with Gasteiger partial charge < -0.3 is 15.2 Å². The molecule has 0 aliphatic rings. The summed E-state index contributed by atoms with van der Waals surface area (Å²) in [4.78, 5) is 16.2. The van der Waals surface area contributed by atoms with E-state index in [1.54, 1.807) is 37.3 Å². The number of carbonyl (C=O) groups is 1. The van der Waals surface area contributed by atoms with Crippen LogP contribution in [-0.4, -0.2) is 16.0 Å². The molecular formula is C17H15FN4O2. The van der Waals surface area contributed by atoms with E-state index in [0.29, 0.717) is 28.6 Å². The number of hydrogen-bond acceptors (Lipinski definition) is 5. The number of rotatable bonds is 5. The number of halogens is 1. The number of nitrogens with zero attached hydrogens (tertiary/aromatic N) is 2. The monoisotopic (exact) mass is 326 g/mol. The van der Waals surface area contributed by atoms with Gasteiger partial charge in [0.25, 0.3) is 0 Å².